The fraction of sp³-hybridized carbons (Fsp3) is 0.735. The summed E-state index contributed by atoms with van der Waals surface area (Å²) in [7, 11) is 0. The van der Waals surface area contributed by atoms with Crippen molar-refractivity contribution in [3.8, 4) is 0 Å². The van der Waals surface area contributed by atoms with Crippen molar-refractivity contribution in [2.45, 2.75) is 39.5 Å². The van der Waals surface area contributed by atoms with Crippen LogP contribution in [0.2, 0.25) is 0 Å². The van der Waals surface area contributed by atoms with Gasteiger partial charge in [0.05, 0.1) is 129 Å². The van der Waals surface area contributed by atoms with Gasteiger partial charge in [0, 0.05) is 0 Å². The van der Waals surface area contributed by atoms with E-state index in [1.165, 1.54) is 4.90 Å². The molecule has 1 atom stereocenters. The smallest absolute Gasteiger partial charge is 0.308 e. The molecule has 1 aliphatic heterocycles. The summed E-state index contributed by atoms with van der Waals surface area (Å²) in [5, 5.41) is 0. The van der Waals surface area contributed by atoms with Crippen LogP contribution in [0.1, 0.15) is 60.2 Å². The maximum Gasteiger partial charge on any atom is 0.308 e. The second kappa shape index (κ2) is 27.5. The summed E-state index contributed by atoms with van der Waals surface area (Å²) in [6.45, 7) is 11.5. The third-order valence-electron chi connectivity index (χ3n) is 7.15. The van der Waals surface area contributed by atoms with Gasteiger partial charge >= 0.3 is 5.97 Å². The molecule has 1 unspecified atom stereocenters. The highest BCUT2D eigenvalue weighted by atomic mass is 16.6. The van der Waals surface area contributed by atoms with Crippen LogP contribution in [0.5, 0.6) is 0 Å². The summed E-state index contributed by atoms with van der Waals surface area (Å²) < 4.78 is 49.0. The van der Waals surface area contributed by atoms with Crippen LogP contribution in [-0.2, 0) is 47.4 Å². The summed E-state index contributed by atoms with van der Waals surface area (Å²) in [5.41, 5.74) is 0.881. The quantitative estimate of drug-likeness (QED) is 0.0633. The lowest BCUT2D eigenvalue weighted by Gasteiger charge is -2.13. The summed E-state index contributed by atoms with van der Waals surface area (Å²) in [5.74, 6) is -0.696. The van der Waals surface area contributed by atoms with Crippen molar-refractivity contribution in [3.63, 3.8) is 0 Å². The van der Waals surface area contributed by atoms with Gasteiger partial charge in [-0.15, -0.1) is 0 Å². The molecule has 0 saturated carbocycles. The van der Waals surface area contributed by atoms with Crippen LogP contribution in [0.25, 0.3) is 0 Å². The Bertz CT molecular complexity index is 943. The first-order valence-corrected chi connectivity index (χ1v) is 16.8. The Morgan fingerprint density at radius 3 is 1.30 bits per heavy atom. The molecule has 0 spiro atoms. The van der Waals surface area contributed by atoms with Crippen molar-refractivity contribution in [2.75, 3.05) is 119 Å². The molecule has 2 rings (SSSR count). The predicted octanol–water partition coefficient (Wildman–Crippen LogP) is 3.18. The zero-order valence-corrected chi connectivity index (χ0v) is 28.3. The number of rotatable bonds is 32. The van der Waals surface area contributed by atoms with Crippen LogP contribution in [0.4, 0.5) is 0 Å². The molecule has 47 heavy (non-hydrogen) atoms. The normalized spacial score (nSPS) is 13.4. The number of hydrogen-bond donors (Lipinski definition) is 0. The first kappa shape index (κ1) is 40.7. The average Bonchev–Trinajstić information content (AvgIpc) is 3.33. The molecule has 0 bridgehead atoms. The fourth-order valence-electron chi connectivity index (χ4n) is 4.50. The largest absolute Gasteiger partial charge is 0.463 e. The lowest BCUT2D eigenvalue weighted by molar-refractivity contribution is -0.150. The van der Waals surface area contributed by atoms with Crippen LogP contribution in [0.3, 0.4) is 0 Å². The van der Waals surface area contributed by atoms with Crippen molar-refractivity contribution in [2.24, 2.45) is 5.92 Å². The van der Waals surface area contributed by atoms with E-state index in [0.29, 0.717) is 110 Å². The Labute approximate surface area is 279 Å². The first-order valence-electron chi connectivity index (χ1n) is 16.8. The molecule has 268 valence electrons. The number of unbranched alkanes of at least 4 members (excludes halogenated alkanes) is 1. The molecule has 0 saturated heterocycles. The second-order valence-electron chi connectivity index (χ2n) is 10.6. The molecule has 0 N–H and O–H groups in total. The van der Waals surface area contributed by atoms with E-state index in [-0.39, 0.29) is 43.5 Å². The van der Waals surface area contributed by atoms with Crippen LogP contribution >= 0.6 is 0 Å². The second-order valence-corrected chi connectivity index (χ2v) is 10.6. The van der Waals surface area contributed by atoms with E-state index in [2.05, 4.69) is 6.92 Å². The van der Waals surface area contributed by atoms with Crippen molar-refractivity contribution in [1.82, 2.24) is 4.90 Å². The topological polar surface area (TPSA) is 138 Å². The van der Waals surface area contributed by atoms with Crippen molar-refractivity contribution < 1.29 is 57.0 Å². The number of benzene rings is 1. The number of amides is 2. The maximum absolute atomic E-state index is 12.3. The monoisotopic (exact) mass is 669 g/mol. The molecule has 1 aromatic rings. The lowest BCUT2D eigenvalue weighted by Crippen LogP contribution is -2.33. The summed E-state index contributed by atoms with van der Waals surface area (Å²) in [4.78, 5) is 37.8. The number of carbonyl (C=O) groups excluding carboxylic acids is 3. The van der Waals surface area contributed by atoms with Gasteiger partial charge in [-0.3, -0.25) is 19.3 Å². The van der Waals surface area contributed by atoms with Crippen LogP contribution in [0.15, 0.2) is 24.3 Å². The van der Waals surface area contributed by atoms with Gasteiger partial charge in [-0.2, -0.15) is 0 Å². The van der Waals surface area contributed by atoms with Gasteiger partial charge in [0.2, 0.25) is 0 Å². The minimum atomic E-state index is -0.279. The minimum absolute atomic E-state index is 0.0105. The molecule has 0 radical (unpaired) electrons. The third-order valence-corrected chi connectivity index (χ3v) is 7.15. The number of hydrogen-bond acceptors (Lipinski definition) is 12. The number of carbonyl (C=O) groups is 3. The van der Waals surface area contributed by atoms with Gasteiger partial charge in [0.25, 0.3) is 11.8 Å². The van der Waals surface area contributed by atoms with Gasteiger partial charge in [-0.25, -0.2) is 0 Å². The number of nitrogens with zero attached hydrogens (tertiary/aromatic N) is 1. The van der Waals surface area contributed by atoms with Crippen molar-refractivity contribution in [1.29, 1.82) is 0 Å². The molecule has 0 aliphatic carbocycles. The van der Waals surface area contributed by atoms with E-state index in [1.54, 1.807) is 24.3 Å². The number of esters is 1. The van der Waals surface area contributed by atoms with E-state index < -0.39 is 0 Å². The lowest BCUT2D eigenvalue weighted by atomic mass is 10.00. The van der Waals surface area contributed by atoms with Crippen LogP contribution < -0.4 is 0 Å². The summed E-state index contributed by atoms with van der Waals surface area (Å²) >= 11 is 0. The molecule has 0 aromatic heterocycles. The zero-order chi connectivity index (χ0) is 33.8. The summed E-state index contributed by atoms with van der Waals surface area (Å²) in [6, 6.07) is 6.81. The van der Waals surface area contributed by atoms with Gasteiger partial charge < -0.3 is 42.6 Å². The van der Waals surface area contributed by atoms with Crippen molar-refractivity contribution >= 4 is 17.8 Å². The number of imide groups is 1. The fourth-order valence-corrected chi connectivity index (χ4v) is 4.50. The minimum Gasteiger partial charge on any atom is -0.463 e. The Morgan fingerprint density at radius 2 is 0.936 bits per heavy atom. The van der Waals surface area contributed by atoms with Gasteiger partial charge in [-0.1, -0.05) is 38.8 Å². The Kier molecular flexibility index (Phi) is 23.8. The highest BCUT2D eigenvalue weighted by Gasteiger charge is 2.34. The Hall–Kier alpha value is -2.49. The van der Waals surface area contributed by atoms with Gasteiger partial charge in [-0.05, 0) is 25.0 Å². The van der Waals surface area contributed by atoms with E-state index in [4.69, 9.17) is 42.6 Å². The van der Waals surface area contributed by atoms with E-state index in [0.717, 1.165) is 25.7 Å². The molecule has 1 heterocycles. The number of fused-ring (bicyclic) bond motifs is 1. The van der Waals surface area contributed by atoms with E-state index >= 15 is 0 Å². The molecular weight excluding hydrogens is 614 g/mol. The molecule has 1 aliphatic rings. The molecule has 1 aromatic carbocycles. The third kappa shape index (κ3) is 18.0. The predicted molar refractivity (Wildman–Crippen MR) is 173 cm³/mol. The van der Waals surface area contributed by atoms with Crippen molar-refractivity contribution in [3.05, 3.63) is 35.4 Å². The average molecular weight is 670 g/mol. The van der Waals surface area contributed by atoms with Gasteiger partial charge in [0.1, 0.15) is 6.61 Å². The molecule has 13 heteroatoms. The van der Waals surface area contributed by atoms with Crippen LogP contribution in [-0.4, -0.2) is 142 Å². The van der Waals surface area contributed by atoms with E-state index in [1.807, 2.05) is 6.92 Å². The molecule has 2 amide bonds. The maximum atomic E-state index is 12.3. The zero-order valence-electron chi connectivity index (χ0n) is 28.3. The summed E-state index contributed by atoms with van der Waals surface area (Å²) in [6.07, 6.45) is 3.81. The number of ether oxygens (including phenoxy) is 9. The van der Waals surface area contributed by atoms with Crippen LogP contribution in [0, 0.1) is 5.92 Å². The standard InChI is InChI=1S/C34H55NO12/c1-3-5-8-29(4-2)34(38)47-28-27-46-26-25-45-24-23-44-22-21-43-20-19-42-18-17-41-16-15-40-14-13-39-12-11-35-32(36)30-9-6-7-10-31(30)33(35)37/h6-7,9-10,29H,3-5,8,11-28H2,1-2H3. The highest BCUT2D eigenvalue weighted by Crippen LogP contribution is 2.21. The SMILES string of the molecule is CCCCC(CC)C(=O)OCCOCCOCCOCCOCCOCCOCCOCCOCCN1C(=O)c2ccccc2C1=O. The molecule has 0 fully saturated rings. The van der Waals surface area contributed by atoms with Gasteiger partial charge in [0.15, 0.2) is 0 Å². The Morgan fingerprint density at radius 1 is 0.574 bits per heavy atom. The first-order chi connectivity index (χ1) is 23.1. The highest BCUT2D eigenvalue weighted by molar-refractivity contribution is 6.21. The Balaban J connectivity index is 1.22. The molecular formula is C34H55NO12. The molecule has 13 nitrogen and oxygen atoms in total. The van der Waals surface area contributed by atoms with E-state index in [9.17, 15) is 14.4 Å².